The molecule has 0 saturated heterocycles. The summed E-state index contributed by atoms with van der Waals surface area (Å²) in [4.78, 5) is 7.47. The van der Waals surface area contributed by atoms with Crippen molar-refractivity contribution >= 4 is 44.9 Å². The standard InChI is InChI=1S/C26H24Cl2N2O/c1-3-12-31-26-21(27)13-17(14-22(26)28)25-20-15-30(2)11-10-19(20)24-18-7-5-4-6-16(18)8-9-23(24)29-25/h4-9,13-14H,3,10-12,15H2,1-2H3. The van der Waals surface area contributed by atoms with Crippen LogP contribution < -0.4 is 4.74 Å². The molecule has 31 heavy (non-hydrogen) atoms. The number of aromatic nitrogens is 1. The first-order valence-electron chi connectivity index (χ1n) is 10.7. The molecule has 1 aliphatic heterocycles. The Morgan fingerprint density at radius 2 is 1.81 bits per heavy atom. The molecule has 0 unspecified atom stereocenters. The summed E-state index contributed by atoms with van der Waals surface area (Å²) >= 11 is 13.2. The van der Waals surface area contributed by atoms with Crippen molar-refractivity contribution in [2.24, 2.45) is 0 Å². The summed E-state index contributed by atoms with van der Waals surface area (Å²) in [5.74, 6) is 0.548. The largest absolute Gasteiger partial charge is 0.490 e. The van der Waals surface area contributed by atoms with Crippen LogP contribution in [0, 0.1) is 0 Å². The van der Waals surface area contributed by atoms with Crippen molar-refractivity contribution in [3.8, 4) is 17.0 Å². The van der Waals surface area contributed by atoms with Crippen LogP contribution in [-0.2, 0) is 13.0 Å². The molecule has 1 aromatic heterocycles. The van der Waals surface area contributed by atoms with Gasteiger partial charge in [0.1, 0.15) is 0 Å². The maximum absolute atomic E-state index is 6.58. The van der Waals surface area contributed by atoms with Crippen LogP contribution in [-0.4, -0.2) is 30.1 Å². The Balaban J connectivity index is 1.77. The molecule has 0 spiro atoms. The molecule has 5 heteroatoms. The summed E-state index contributed by atoms with van der Waals surface area (Å²) in [6.07, 6.45) is 1.89. The van der Waals surface area contributed by atoms with Gasteiger partial charge in [-0.2, -0.15) is 0 Å². The van der Waals surface area contributed by atoms with Crippen LogP contribution in [0.15, 0.2) is 48.5 Å². The van der Waals surface area contributed by atoms with E-state index in [9.17, 15) is 0 Å². The molecule has 3 aromatic carbocycles. The Kier molecular flexibility index (Phi) is 5.51. The maximum atomic E-state index is 6.58. The third-order valence-electron chi connectivity index (χ3n) is 5.98. The molecule has 0 aliphatic carbocycles. The number of nitrogens with zero attached hydrogens (tertiary/aromatic N) is 2. The molecule has 1 aliphatic rings. The second-order valence-electron chi connectivity index (χ2n) is 8.20. The first-order chi connectivity index (χ1) is 15.1. The van der Waals surface area contributed by atoms with Crippen molar-refractivity contribution in [1.82, 2.24) is 9.88 Å². The molecule has 3 nitrogen and oxygen atoms in total. The van der Waals surface area contributed by atoms with Crippen molar-refractivity contribution in [1.29, 1.82) is 0 Å². The van der Waals surface area contributed by atoms with Crippen molar-refractivity contribution in [3.63, 3.8) is 0 Å². The number of hydrogen-bond donors (Lipinski definition) is 0. The summed E-state index contributed by atoms with van der Waals surface area (Å²) in [5.41, 5.74) is 5.53. The third-order valence-corrected chi connectivity index (χ3v) is 6.55. The average molecular weight is 451 g/mol. The molecule has 0 bridgehead atoms. The zero-order valence-electron chi connectivity index (χ0n) is 17.7. The van der Waals surface area contributed by atoms with Gasteiger partial charge in [0.05, 0.1) is 27.9 Å². The molecule has 0 fully saturated rings. The van der Waals surface area contributed by atoms with Gasteiger partial charge in [0.15, 0.2) is 5.75 Å². The van der Waals surface area contributed by atoms with Gasteiger partial charge in [-0.1, -0.05) is 60.5 Å². The lowest BCUT2D eigenvalue weighted by Crippen LogP contribution is -2.27. The van der Waals surface area contributed by atoms with Gasteiger partial charge >= 0.3 is 0 Å². The fourth-order valence-electron chi connectivity index (χ4n) is 4.53. The Labute approximate surface area is 192 Å². The summed E-state index contributed by atoms with van der Waals surface area (Å²) in [5, 5.41) is 4.82. The number of benzene rings is 3. The minimum Gasteiger partial charge on any atom is -0.490 e. The smallest absolute Gasteiger partial charge is 0.156 e. The van der Waals surface area contributed by atoms with Gasteiger partial charge in [-0.3, -0.25) is 0 Å². The Hall–Kier alpha value is -2.33. The first kappa shape index (κ1) is 20.6. The van der Waals surface area contributed by atoms with Crippen LogP contribution in [0.4, 0.5) is 0 Å². The van der Waals surface area contributed by atoms with Crippen molar-refractivity contribution in [2.75, 3.05) is 20.2 Å². The molecule has 0 atom stereocenters. The van der Waals surface area contributed by atoms with E-state index in [-0.39, 0.29) is 0 Å². The van der Waals surface area contributed by atoms with Crippen molar-refractivity contribution < 1.29 is 4.74 Å². The lowest BCUT2D eigenvalue weighted by atomic mass is 9.89. The van der Waals surface area contributed by atoms with E-state index in [0.29, 0.717) is 22.4 Å². The van der Waals surface area contributed by atoms with E-state index in [1.165, 1.54) is 27.3 Å². The fourth-order valence-corrected chi connectivity index (χ4v) is 5.12. The Bertz CT molecular complexity index is 1280. The molecule has 5 rings (SSSR count). The van der Waals surface area contributed by atoms with Crippen LogP contribution in [0.1, 0.15) is 24.5 Å². The molecule has 0 amide bonds. The Morgan fingerprint density at radius 1 is 1.03 bits per heavy atom. The van der Waals surface area contributed by atoms with E-state index < -0.39 is 0 Å². The van der Waals surface area contributed by atoms with E-state index >= 15 is 0 Å². The summed E-state index contributed by atoms with van der Waals surface area (Å²) in [7, 11) is 2.15. The molecule has 0 radical (unpaired) electrons. The van der Waals surface area contributed by atoms with Crippen LogP contribution >= 0.6 is 23.2 Å². The number of rotatable bonds is 4. The average Bonchev–Trinajstić information content (AvgIpc) is 2.77. The summed E-state index contributed by atoms with van der Waals surface area (Å²) in [6, 6.07) is 16.7. The van der Waals surface area contributed by atoms with Gasteiger partial charge in [-0.25, -0.2) is 4.98 Å². The van der Waals surface area contributed by atoms with Gasteiger partial charge in [0.25, 0.3) is 0 Å². The lowest BCUT2D eigenvalue weighted by molar-refractivity contribution is 0.314. The molecular formula is C26H24Cl2N2O. The van der Waals surface area contributed by atoms with Crippen LogP contribution in [0.3, 0.4) is 0 Å². The van der Waals surface area contributed by atoms with Gasteiger partial charge in [-0.15, -0.1) is 0 Å². The Morgan fingerprint density at radius 3 is 2.58 bits per heavy atom. The minimum atomic E-state index is 0.522. The number of pyridine rings is 1. The predicted octanol–water partition coefficient (Wildman–Crippen LogP) is 7.14. The second kappa shape index (κ2) is 8.31. The molecule has 0 N–H and O–H groups in total. The quantitative estimate of drug-likeness (QED) is 0.309. The second-order valence-corrected chi connectivity index (χ2v) is 9.02. The van der Waals surface area contributed by atoms with Crippen molar-refractivity contribution in [3.05, 3.63) is 69.7 Å². The maximum Gasteiger partial charge on any atom is 0.156 e. The van der Waals surface area contributed by atoms with Crippen LogP contribution in [0.2, 0.25) is 10.0 Å². The molecular weight excluding hydrogens is 427 g/mol. The highest BCUT2D eigenvalue weighted by Crippen LogP contribution is 2.41. The van der Waals surface area contributed by atoms with Gasteiger partial charge in [0.2, 0.25) is 0 Å². The van der Waals surface area contributed by atoms with Gasteiger partial charge in [-0.05, 0) is 60.0 Å². The summed E-state index contributed by atoms with van der Waals surface area (Å²) < 4.78 is 5.76. The highest BCUT2D eigenvalue weighted by molar-refractivity contribution is 6.37. The summed E-state index contributed by atoms with van der Waals surface area (Å²) in [6.45, 7) is 4.52. The monoisotopic (exact) mass is 450 g/mol. The number of ether oxygens (including phenoxy) is 1. The van der Waals surface area contributed by atoms with E-state index in [1.807, 2.05) is 12.1 Å². The van der Waals surface area contributed by atoms with E-state index in [4.69, 9.17) is 32.9 Å². The number of halogens is 2. The number of fused-ring (bicyclic) bond motifs is 5. The molecule has 4 aromatic rings. The minimum absolute atomic E-state index is 0.522. The lowest BCUT2D eigenvalue weighted by Gasteiger charge is -2.28. The molecule has 158 valence electrons. The van der Waals surface area contributed by atoms with Crippen molar-refractivity contribution in [2.45, 2.75) is 26.3 Å². The van der Waals surface area contributed by atoms with E-state index in [1.54, 1.807) is 0 Å². The zero-order valence-corrected chi connectivity index (χ0v) is 19.2. The normalized spacial score (nSPS) is 14.2. The van der Waals surface area contributed by atoms with E-state index in [0.717, 1.165) is 42.7 Å². The first-order valence-corrected chi connectivity index (χ1v) is 11.5. The number of hydrogen-bond acceptors (Lipinski definition) is 3. The number of likely N-dealkylation sites (N-methyl/N-ethyl adjacent to an activating group) is 1. The SMILES string of the molecule is CCCOc1c(Cl)cc(-c2nc3ccc4ccccc4c3c3c2CN(C)CC3)cc1Cl. The highest BCUT2D eigenvalue weighted by atomic mass is 35.5. The van der Waals surface area contributed by atoms with Gasteiger partial charge in [0, 0.05) is 24.0 Å². The topological polar surface area (TPSA) is 25.4 Å². The highest BCUT2D eigenvalue weighted by Gasteiger charge is 2.24. The van der Waals surface area contributed by atoms with Crippen LogP contribution in [0.25, 0.3) is 32.9 Å². The van der Waals surface area contributed by atoms with Crippen LogP contribution in [0.5, 0.6) is 5.75 Å². The molecule has 0 saturated carbocycles. The molecule has 2 heterocycles. The third kappa shape index (κ3) is 3.65. The van der Waals surface area contributed by atoms with Gasteiger partial charge < -0.3 is 9.64 Å². The van der Waals surface area contributed by atoms with E-state index in [2.05, 4.69) is 55.3 Å². The fraction of sp³-hybridized carbons (Fsp3) is 0.269. The zero-order chi connectivity index (χ0) is 21.5. The predicted molar refractivity (Wildman–Crippen MR) is 131 cm³/mol.